The van der Waals surface area contributed by atoms with Crippen LogP contribution < -0.4 is 9.47 Å². The van der Waals surface area contributed by atoms with Crippen LogP contribution >= 0.6 is 0 Å². The van der Waals surface area contributed by atoms with Crippen molar-refractivity contribution in [2.75, 3.05) is 40.6 Å². The van der Waals surface area contributed by atoms with E-state index in [4.69, 9.17) is 18.8 Å². The predicted molar refractivity (Wildman–Crippen MR) is 90.3 cm³/mol. The number of hydrogen-bond acceptors (Lipinski definition) is 8. The topological polar surface area (TPSA) is 118 Å². The summed E-state index contributed by atoms with van der Waals surface area (Å²) in [6.45, 7) is -2.50. The summed E-state index contributed by atoms with van der Waals surface area (Å²) in [4.78, 5) is 0. The van der Waals surface area contributed by atoms with Gasteiger partial charge in [0.25, 0.3) is 0 Å². The summed E-state index contributed by atoms with van der Waals surface area (Å²) >= 11 is 0. The van der Waals surface area contributed by atoms with Gasteiger partial charge >= 0.3 is 7.12 Å². The highest BCUT2D eigenvalue weighted by molar-refractivity contribution is 6.52. The average Bonchev–Trinajstić information content (AvgIpc) is 3.00. The van der Waals surface area contributed by atoms with Crippen LogP contribution in [0.1, 0.15) is 5.56 Å². The molecule has 1 aliphatic rings. The van der Waals surface area contributed by atoms with Gasteiger partial charge in [-0.15, -0.1) is 0 Å². The zero-order valence-corrected chi connectivity index (χ0v) is 14.2. The zero-order chi connectivity index (χ0) is 18.5. The maximum absolute atomic E-state index is 9.61. The van der Waals surface area contributed by atoms with E-state index in [1.807, 2.05) is 0 Å². The zero-order valence-electron chi connectivity index (χ0n) is 14.2. The van der Waals surface area contributed by atoms with Gasteiger partial charge in [0.05, 0.1) is 40.6 Å². The van der Waals surface area contributed by atoms with E-state index >= 15 is 0 Å². The number of aliphatic hydroxyl groups is 4. The van der Waals surface area contributed by atoms with E-state index in [9.17, 15) is 20.4 Å². The van der Waals surface area contributed by atoms with Gasteiger partial charge in [-0.3, -0.25) is 0 Å². The number of hydrogen-bond donors (Lipinski definition) is 4. The predicted octanol–water partition coefficient (Wildman–Crippen LogP) is -0.762. The fraction of sp³-hybridized carbons (Fsp3) is 0.500. The Kier molecular flexibility index (Phi) is 6.44. The highest BCUT2D eigenvalue weighted by atomic mass is 16.7. The van der Waals surface area contributed by atoms with Crippen molar-refractivity contribution in [1.82, 2.24) is 0 Å². The molecular weight excluding hydrogens is 331 g/mol. The molecule has 1 aromatic rings. The average molecular weight is 354 g/mol. The van der Waals surface area contributed by atoms with E-state index in [-0.39, 0.29) is 0 Å². The number of aliphatic hydroxyl groups excluding tert-OH is 4. The molecule has 0 aliphatic carbocycles. The van der Waals surface area contributed by atoms with Crippen LogP contribution in [0, 0.1) is 0 Å². The third-order valence-corrected chi connectivity index (χ3v) is 4.41. The van der Waals surface area contributed by atoms with Crippen molar-refractivity contribution < 1.29 is 39.2 Å². The van der Waals surface area contributed by atoms with Crippen LogP contribution in [0.4, 0.5) is 0 Å². The van der Waals surface area contributed by atoms with Gasteiger partial charge in [0.2, 0.25) is 0 Å². The largest absolute Gasteiger partial charge is 0.497 e. The second kappa shape index (κ2) is 8.18. The molecule has 0 atom stereocenters. The Morgan fingerprint density at radius 3 is 1.96 bits per heavy atom. The minimum atomic E-state index is -1.62. The van der Waals surface area contributed by atoms with E-state index in [1.165, 1.54) is 13.1 Å². The van der Waals surface area contributed by atoms with E-state index in [1.54, 1.807) is 31.4 Å². The minimum absolute atomic E-state index is 0.569. The summed E-state index contributed by atoms with van der Waals surface area (Å²) in [5, 5.41) is 38.4. The Balaban J connectivity index is 2.25. The van der Waals surface area contributed by atoms with Crippen LogP contribution in [0.3, 0.4) is 0 Å². The summed E-state index contributed by atoms with van der Waals surface area (Å²) in [5.74, 6) is 2.75. The first-order chi connectivity index (χ1) is 12.0. The molecule has 8 nitrogen and oxygen atoms in total. The smallest absolute Gasteiger partial charge is 0.487 e. The molecule has 1 aliphatic heterocycles. The van der Waals surface area contributed by atoms with Crippen molar-refractivity contribution in [3.05, 3.63) is 29.7 Å². The summed E-state index contributed by atoms with van der Waals surface area (Å²) in [7, 11) is 2.10. The fourth-order valence-corrected chi connectivity index (χ4v) is 2.73. The monoisotopic (exact) mass is 354 g/mol. The molecule has 0 spiro atoms. The normalized spacial score (nSPS) is 18.7. The summed E-state index contributed by atoms with van der Waals surface area (Å²) in [6, 6.07) is 5.25. The number of benzene rings is 1. The van der Waals surface area contributed by atoms with Crippen LogP contribution in [0.5, 0.6) is 11.5 Å². The summed E-state index contributed by atoms with van der Waals surface area (Å²) in [5.41, 5.74) is -2.51. The molecule has 25 heavy (non-hydrogen) atoms. The molecule has 4 N–H and O–H groups in total. The van der Waals surface area contributed by atoms with Crippen LogP contribution in [0.15, 0.2) is 24.2 Å². The van der Waals surface area contributed by atoms with Crippen molar-refractivity contribution in [3.63, 3.8) is 0 Å². The van der Waals surface area contributed by atoms with Crippen LogP contribution in [0.25, 0.3) is 6.08 Å². The first-order valence-electron chi connectivity index (χ1n) is 7.73. The standard InChI is InChI=1S/C16H23BO8/c1-22-13-4-3-12(14(7-13)23-2)5-6-17-24-15(8-18,9-19)16(10-20,11-21)25-17/h3-7,18-21H,8-11H2,1-2H3/b6-5+. The molecule has 0 unspecified atom stereocenters. The molecule has 0 amide bonds. The molecule has 0 radical (unpaired) electrons. The summed E-state index contributed by atoms with van der Waals surface area (Å²) in [6.07, 6.45) is 1.67. The van der Waals surface area contributed by atoms with E-state index in [0.29, 0.717) is 11.5 Å². The van der Waals surface area contributed by atoms with Crippen LogP contribution in [-0.4, -0.2) is 79.4 Å². The van der Waals surface area contributed by atoms with Gasteiger partial charge in [0, 0.05) is 11.6 Å². The quantitative estimate of drug-likeness (QED) is 0.450. The Hall–Kier alpha value is -1.62. The molecule has 0 saturated carbocycles. The van der Waals surface area contributed by atoms with Crippen molar-refractivity contribution in [3.8, 4) is 11.5 Å². The Bertz CT molecular complexity index is 578. The molecule has 0 bridgehead atoms. The molecular formula is C16H23BO8. The lowest BCUT2D eigenvalue weighted by Crippen LogP contribution is -2.61. The molecule has 1 heterocycles. The lowest BCUT2D eigenvalue weighted by molar-refractivity contribution is -0.147. The fourth-order valence-electron chi connectivity index (χ4n) is 2.73. The van der Waals surface area contributed by atoms with Crippen LogP contribution in [-0.2, 0) is 9.31 Å². The maximum atomic E-state index is 9.61. The lowest BCUT2D eigenvalue weighted by atomic mass is 9.85. The van der Waals surface area contributed by atoms with E-state index in [0.717, 1.165) is 5.56 Å². The van der Waals surface area contributed by atoms with E-state index < -0.39 is 44.7 Å². The highest BCUT2D eigenvalue weighted by Crippen LogP contribution is 2.38. The molecule has 1 saturated heterocycles. The summed E-state index contributed by atoms with van der Waals surface area (Å²) < 4.78 is 21.6. The third kappa shape index (κ3) is 3.52. The van der Waals surface area contributed by atoms with Gasteiger partial charge in [-0.1, -0.05) is 12.1 Å². The number of ether oxygens (including phenoxy) is 2. The van der Waals surface area contributed by atoms with Crippen molar-refractivity contribution in [2.24, 2.45) is 0 Å². The van der Waals surface area contributed by atoms with Gasteiger partial charge in [-0.25, -0.2) is 0 Å². The van der Waals surface area contributed by atoms with E-state index in [2.05, 4.69) is 0 Å². The lowest BCUT2D eigenvalue weighted by Gasteiger charge is -2.39. The molecule has 0 aromatic heterocycles. The molecule has 1 fully saturated rings. The van der Waals surface area contributed by atoms with Crippen molar-refractivity contribution in [1.29, 1.82) is 0 Å². The Morgan fingerprint density at radius 1 is 0.960 bits per heavy atom. The Morgan fingerprint density at radius 2 is 1.52 bits per heavy atom. The van der Waals surface area contributed by atoms with Crippen LogP contribution in [0.2, 0.25) is 0 Å². The Labute approximate surface area is 146 Å². The maximum Gasteiger partial charge on any atom is 0.487 e. The second-order valence-electron chi connectivity index (χ2n) is 5.69. The molecule has 9 heteroatoms. The molecule has 138 valence electrons. The third-order valence-electron chi connectivity index (χ3n) is 4.41. The van der Waals surface area contributed by atoms with Crippen molar-refractivity contribution >= 4 is 13.2 Å². The van der Waals surface area contributed by atoms with Gasteiger partial charge < -0.3 is 39.2 Å². The van der Waals surface area contributed by atoms with Gasteiger partial charge in [-0.2, -0.15) is 0 Å². The second-order valence-corrected chi connectivity index (χ2v) is 5.69. The number of methoxy groups -OCH3 is 2. The number of rotatable bonds is 8. The SMILES string of the molecule is COc1ccc(/C=C/B2OC(CO)(CO)C(CO)(CO)O2)c(OC)c1. The minimum Gasteiger partial charge on any atom is -0.497 e. The first-order valence-corrected chi connectivity index (χ1v) is 7.73. The van der Waals surface area contributed by atoms with Crippen molar-refractivity contribution in [2.45, 2.75) is 11.2 Å². The van der Waals surface area contributed by atoms with Gasteiger partial charge in [0.1, 0.15) is 22.7 Å². The molecule has 1 aromatic carbocycles. The van der Waals surface area contributed by atoms with Gasteiger partial charge in [0.15, 0.2) is 0 Å². The van der Waals surface area contributed by atoms with Gasteiger partial charge in [-0.05, 0) is 12.1 Å². The first kappa shape index (κ1) is 19.7. The molecule has 2 rings (SSSR count). The highest BCUT2D eigenvalue weighted by Gasteiger charge is 2.61.